The van der Waals surface area contributed by atoms with Gasteiger partial charge in [-0.2, -0.15) is 0 Å². The van der Waals surface area contributed by atoms with Crippen molar-refractivity contribution in [1.82, 2.24) is 0 Å². The average molecular weight is 276 g/mol. The predicted molar refractivity (Wildman–Crippen MR) is 90.4 cm³/mol. The van der Waals surface area contributed by atoms with Crippen LogP contribution in [0.1, 0.15) is 43.2 Å². The van der Waals surface area contributed by atoms with Gasteiger partial charge < -0.3 is 0 Å². The summed E-state index contributed by atoms with van der Waals surface area (Å²) in [5, 5.41) is 0. The van der Waals surface area contributed by atoms with Crippen LogP contribution in [0.2, 0.25) is 0 Å². The molecular weight excluding hydrogens is 252 g/mol. The molecule has 0 N–H and O–H groups in total. The molecule has 1 unspecified atom stereocenters. The van der Waals surface area contributed by atoms with Gasteiger partial charge in [0.25, 0.3) is 0 Å². The molecule has 0 aromatic heterocycles. The van der Waals surface area contributed by atoms with E-state index in [4.69, 9.17) is 0 Å². The fraction of sp³-hybridized carbons (Fsp3) is 0.333. The Balaban J connectivity index is 2.16. The first kappa shape index (κ1) is 14.1. The lowest BCUT2D eigenvalue weighted by Gasteiger charge is -2.45. The van der Waals surface area contributed by atoms with E-state index in [-0.39, 0.29) is 5.41 Å². The van der Waals surface area contributed by atoms with Crippen molar-refractivity contribution >= 4 is 0 Å². The molecule has 2 aromatic rings. The minimum atomic E-state index is 0.162. The maximum atomic E-state index is 4.01. The van der Waals surface area contributed by atoms with Crippen molar-refractivity contribution in [2.45, 2.75) is 37.5 Å². The number of rotatable bonds is 4. The van der Waals surface area contributed by atoms with Gasteiger partial charge in [-0.1, -0.05) is 79.6 Å². The number of hydrogen-bond donors (Lipinski definition) is 0. The van der Waals surface area contributed by atoms with Gasteiger partial charge in [0.1, 0.15) is 0 Å². The molecule has 1 aliphatic carbocycles. The molecule has 2 aromatic carbocycles. The molecule has 0 aliphatic heterocycles. The summed E-state index contributed by atoms with van der Waals surface area (Å²) in [6.07, 6.45) is 8.42. The molecule has 1 atom stereocenters. The SMILES string of the molecule is C=CCC1CCCCC1(c1ccccc1)c1ccccc1. The minimum absolute atomic E-state index is 0.162. The highest BCUT2D eigenvalue weighted by atomic mass is 14.5. The zero-order valence-electron chi connectivity index (χ0n) is 12.7. The second-order valence-electron chi connectivity index (χ2n) is 6.17. The normalized spacial score (nSPS) is 20.9. The first-order valence-corrected chi connectivity index (χ1v) is 8.10. The Morgan fingerprint density at radius 2 is 1.48 bits per heavy atom. The molecule has 0 bridgehead atoms. The lowest BCUT2D eigenvalue weighted by molar-refractivity contribution is 0.227. The highest BCUT2D eigenvalue weighted by Crippen LogP contribution is 2.50. The monoisotopic (exact) mass is 276 g/mol. The summed E-state index contributed by atoms with van der Waals surface area (Å²) in [5.74, 6) is 0.661. The van der Waals surface area contributed by atoms with Crippen molar-refractivity contribution in [3.8, 4) is 0 Å². The Morgan fingerprint density at radius 1 is 0.905 bits per heavy atom. The summed E-state index contributed by atoms with van der Waals surface area (Å²) >= 11 is 0. The van der Waals surface area contributed by atoms with E-state index in [1.165, 1.54) is 36.8 Å². The van der Waals surface area contributed by atoms with Gasteiger partial charge in [0.15, 0.2) is 0 Å². The summed E-state index contributed by atoms with van der Waals surface area (Å²) in [6, 6.07) is 22.2. The Bertz CT molecular complexity index is 528. The summed E-state index contributed by atoms with van der Waals surface area (Å²) in [7, 11) is 0. The van der Waals surface area contributed by atoms with Crippen LogP contribution < -0.4 is 0 Å². The standard InChI is InChI=1S/C21H24/c1-2-11-18-16-9-10-17-21(18,19-12-5-3-6-13-19)20-14-7-4-8-15-20/h2-8,12-15,18H,1,9-11,16-17H2. The summed E-state index contributed by atoms with van der Waals surface area (Å²) in [5.41, 5.74) is 3.11. The van der Waals surface area contributed by atoms with Crippen molar-refractivity contribution < 1.29 is 0 Å². The summed E-state index contributed by atoms with van der Waals surface area (Å²) in [4.78, 5) is 0. The molecule has 0 saturated heterocycles. The lowest BCUT2D eigenvalue weighted by atomic mass is 9.58. The quantitative estimate of drug-likeness (QED) is 0.625. The van der Waals surface area contributed by atoms with Crippen LogP contribution in [0.25, 0.3) is 0 Å². The number of hydrogen-bond acceptors (Lipinski definition) is 0. The van der Waals surface area contributed by atoms with Gasteiger partial charge in [0.2, 0.25) is 0 Å². The van der Waals surface area contributed by atoms with Crippen LogP contribution in [0.5, 0.6) is 0 Å². The van der Waals surface area contributed by atoms with Crippen molar-refractivity contribution in [2.24, 2.45) is 5.92 Å². The molecule has 1 fully saturated rings. The minimum Gasteiger partial charge on any atom is -0.103 e. The zero-order chi connectivity index (χ0) is 14.5. The van der Waals surface area contributed by atoms with E-state index in [0.29, 0.717) is 5.92 Å². The molecule has 0 nitrogen and oxygen atoms in total. The maximum absolute atomic E-state index is 4.01. The van der Waals surface area contributed by atoms with Gasteiger partial charge in [-0.05, 0) is 36.3 Å². The van der Waals surface area contributed by atoms with Crippen LogP contribution in [-0.2, 0) is 5.41 Å². The molecule has 0 heterocycles. The molecular formula is C21H24. The van der Waals surface area contributed by atoms with E-state index in [0.717, 1.165) is 6.42 Å². The highest BCUT2D eigenvalue weighted by molar-refractivity contribution is 5.41. The third-order valence-electron chi connectivity index (χ3n) is 5.10. The average Bonchev–Trinajstić information content (AvgIpc) is 2.57. The molecule has 0 spiro atoms. The summed E-state index contributed by atoms with van der Waals surface area (Å²) < 4.78 is 0. The van der Waals surface area contributed by atoms with E-state index in [2.05, 4.69) is 73.3 Å². The van der Waals surface area contributed by atoms with E-state index in [1.807, 2.05) is 0 Å². The molecule has 3 rings (SSSR count). The van der Waals surface area contributed by atoms with Crippen LogP contribution >= 0.6 is 0 Å². The first-order chi connectivity index (χ1) is 10.4. The Hall–Kier alpha value is -1.82. The largest absolute Gasteiger partial charge is 0.103 e. The predicted octanol–water partition coefficient (Wildman–Crippen LogP) is 5.74. The van der Waals surface area contributed by atoms with Crippen LogP contribution in [0, 0.1) is 5.92 Å². The molecule has 0 heteroatoms. The zero-order valence-corrected chi connectivity index (χ0v) is 12.7. The van der Waals surface area contributed by atoms with Crippen molar-refractivity contribution in [1.29, 1.82) is 0 Å². The number of benzene rings is 2. The molecule has 21 heavy (non-hydrogen) atoms. The van der Waals surface area contributed by atoms with Crippen molar-refractivity contribution in [2.75, 3.05) is 0 Å². The Labute approximate surface area is 128 Å². The molecule has 0 radical (unpaired) electrons. The summed E-state index contributed by atoms with van der Waals surface area (Å²) in [6.45, 7) is 4.01. The van der Waals surface area contributed by atoms with Crippen LogP contribution in [0.15, 0.2) is 73.3 Å². The van der Waals surface area contributed by atoms with E-state index in [9.17, 15) is 0 Å². The fourth-order valence-electron chi connectivity index (χ4n) is 4.16. The third kappa shape index (κ3) is 2.55. The highest BCUT2D eigenvalue weighted by Gasteiger charge is 2.42. The van der Waals surface area contributed by atoms with Gasteiger partial charge in [-0.3, -0.25) is 0 Å². The third-order valence-corrected chi connectivity index (χ3v) is 5.10. The van der Waals surface area contributed by atoms with Crippen molar-refractivity contribution in [3.63, 3.8) is 0 Å². The van der Waals surface area contributed by atoms with Crippen LogP contribution in [0.4, 0.5) is 0 Å². The van der Waals surface area contributed by atoms with Gasteiger partial charge in [0, 0.05) is 5.41 Å². The Kier molecular flexibility index (Phi) is 4.24. The molecule has 1 saturated carbocycles. The Morgan fingerprint density at radius 3 is 2.00 bits per heavy atom. The lowest BCUT2D eigenvalue weighted by Crippen LogP contribution is -2.39. The molecule has 0 amide bonds. The van der Waals surface area contributed by atoms with Crippen molar-refractivity contribution in [3.05, 3.63) is 84.4 Å². The van der Waals surface area contributed by atoms with E-state index < -0.39 is 0 Å². The van der Waals surface area contributed by atoms with Gasteiger partial charge in [0.05, 0.1) is 0 Å². The van der Waals surface area contributed by atoms with Gasteiger partial charge >= 0.3 is 0 Å². The van der Waals surface area contributed by atoms with Crippen LogP contribution in [0.3, 0.4) is 0 Å². The topological polar surface area (TPSA) is 0 Å². The second-order valence-corrected chi connectivity index (χ2v) is 6.17. The smallest absolute Gasteiger partial charge is 0.0234 e. The van der Waals surface area contributed by atoms with E-state index >= 15 is 0 Å². The fourth-order valence-corrected chi connectivity index (χ4v) is 4.16. The van der Waals surface area contributed by atoms with Gasteiger partial charge in [-0.15, -0.1) is 6.58 Å². The second kappa shape index (κ2) is 6.30. The van der Waals surface area contributed by atoms with Gasteiger partial charge in [-0.25, -0.2) is 0 Å². The number of allylic oxidation sites excluding steroid dienone is 1. The maximum Gasteiger partial charge on any atom is 0.0234 e. The van der Waals surface area contributed by atoms with E-state index in [1.54, 1.807) is 0 Å². The molecule has 1 aliphatic rings. The molecule has 108 valence electrons. The van der Waals surface area contributed by atoms with Crippen LogP contribution in [-0.4, -0.2) is 0 Å². The first-order valence-electron chi connectivity index (χ1n) is 8.10.